The van der Waals surface area contributed by atoms with Crippen molar-refractivity contribution in [2.24, 2.45) is 0 Å². The van der Waals surface area contributed by atoms with Crippen LogP contribution in [0.2, 0.25) is 6.32 Å². The van der Waals surface area contributed by atoms with Crippen LogP contribution in [-0.4, -0.2) is 31.6 Å². The highest BCUT2D eigenvalue weighted by Crippen LogP contribution is 2.20. The van der Waals surface area contributed by atoms with E-state index in [4.69, 9.17) is 12.6 Å². The van der Waals surface area contributed by atoms with Crippen LogP contribution in [0.25, 0.3) is 0 Å². The molecule has 0 aromatic heterocycles. The maximum atomic E-state index is 5.64. The smallest absolute Gasteiger partial charge is 0.0849 e. The summed E-state index contributed by atoms with van der Waals surface area (Å²) in [5.41, 5.74) is 0. The first kappa shape index (κ1) is 9.20. The van der Waals surface area contributed by atoms with Gasteiger partial charge in [-0.2, -0.15) is 11.8 Å². The fourth-order valence-corrected chi connectivity index (χ4v) is 2.12. The Balaban J connectivity index is 2.33. The van der Waals surface area contributed by atoms with Crippen molar-refractivity contribution in [3.05, 3.63) is 12.2 Å². The van der Waals surface area contributed by atoms with E-state index in [9.17, 15) is 0 Å². The largest absolute Gasteiger partial charge is 0.370 e. The third-order valence-corrected chi connectivity index (χ3v) is 2.79. The Hall–Kier alpha value is 0.115. The Labute approximate surface area is 74.0 Å². The number of thioether (sulfide) groups is 1. The average Bonchev–Trinajstić information content (AvgIpc) is 2.06. The van der Waals surface area contributed by atoms with Gasteiger partial charge in [0.2, 0.25) is 0 Å². The summed E-state index contributed by atoms with van der Waals surface area (Å²) >= 11 is 1.92. The van der Waals surface area contributed by atoms with Crippen LogP contribution in [0.5, 0.6) is 0 Å². The third-order valence-electron chi connectivity index (χ3n) is 1.62. The minimum atomic E-state index is 0.259. The lowest BCUT2D eigenvalue weighted by atomic mass is 10.0. The molecule has 0 unspecified atom stereocenters. The van der Waals surface area contributed by atoms with Crippen molar-refractivity contribution in [2.45, 2.75) is 25.5 Å². The van der Waals surface area contributed by atoms with Crippen molar-refractivity contribution in [3.8, 4) is 0 Å². The van der Waals surface area contributed by atoms with Gasteiger partial charge in [0.25, 0.3) is 0 Å². The number of rotatable bonds is 2. The summed E-state index contributed by atoms with van der Waals surface area (Å²) in [6.07, 6.45) is 5.31. The lowest BCUT2D eigenvalue weighted by Gasteiger charge is -2.27. The number of hydrogen-bond donors (Lipinski definition) is 0. The Morgan fingerprint density at radius 2 is 2.45 bits per heavy atom. The SMILES string of the molecule is [B]C[C@@H]1CSC[C@H](/C=C/C)O1. The van der Waals surface area contributed by atoms with Crippen molar-refractivity contribution in [3.63, 3.8) is 0 Å². The molecule has 11 heavy (non-hydrogen) atoms. The van der Waals surface area contributed by atoms with Gasteiger partial charge in [0, 0.05) is 11.5 Å². The molecule has 1 aliphatic heterocycles. The lowest BCUT2D eigenvalue weighted by molar-refractivity contribution is 0.0456. The highest BCUT2D eigenvalue weighted by molar-refractivity contribution is 7.99. The molecule has 0 bridgehead atoms. The highest BCUT2D eigenvalue weighted by atomic mass is 32.2. The molecule has 2 atom stereocenters. The predicted octanol–water partition coefficient (Wildman–Crippen LogP) is 1.65. The van der Waals surface area contributed by atoms with E-state index >= 15 is 0 Å². The average molecular weight is 168 g/mol. The summed E-state index contributed by atoms with van der Waals surface area (Å²) in [4.78, 5) is 0. The molecule has 1 saturated heterocycles. The first-order valence-electron chi connectivity index (χ1n) is 3.93. The molecule has 1 aliphatic rings. The molecule has 3 heteroatoms. The van der Waals surface area contributed by atoms with Crippen molar-refractivity contribution in [2.75, 3.05) is 11.5 Å². The van der Waals surface area contributed by atoms with Gasteiger partial charge >= 0.3 is 0 Å². The Bertz CT molecular complexity index is 138. The van der Waals surface area contributed by atoms with E-state index in [1.165, 1.54) is 0 Å². The van der Waals surface area contributed by atoms with E-state index in [2.05, 4.69) is 6.08 Å². The molecule has 0 aromatic carbocycles. The second kappa shape index (κ2) is 4.89. The van der Waals surface area contributed by atoms with E-state index in [0.717, 1.165) is 11.5 Å². The molecule has 0 amide bonds. The molecule has 1 nitrogen and oxygen atoms in total. The summed E-state index contributed by atoms with van der Waals surface area (Å²) in [5.74, 6) is 2.12. The van der Waals surface area contributed by atoms with Crippen LogP contribution in [-0.2, 0) is 4.74 Å². The lowest BCUT2D eigenvalue weighted by Crippen LogP contribution is -2.29. The minimum absolute atomic E-state index is 0.259. The number of hydrogen-bond acceptors (Lipinski definition) is 2. The molecule has 0 aliphatic carbocycles. The number of ether oxygens (including phenoxy) is 1. The molecular formula is C8H13BOS. The van der Waals surface area contributed by atoms with Crippen LogP contribution < -0.4 is 0 Å². The highest BCUT2D eigenvalue weighted by Gasteiger charge is 2.18. The van der Waals surface area contributed by atoms with Gasteiger partial charge in [0.1, 0.15) is 0 Å². The summed E-state index contributed by atoms with van der Waals surface area (Å²) in [7, 11) is 5.50. The summed E-state index contributed by atoms with van der Waals surface area (Å²) in [6.45, 7) is 2.01. The molecule has 0 aromatic rings. The first-order chi connectivity index (χ1) is 5.36. The molecule has 0 N–H and O–H groups in total. The van der Waals surface area contributed by atoms with Gasteiger partial charge in [0.05, 0.1) is 20.1 Å². The quantitative estimate of drug-likeness (QED) is 0.458. The van der Waals surface area contributed by atoms with Gasteiger partial charge in [0.15, 0.2) is 0 Å². The molecule has 60 valence electrons. The van der Waals surface area contributed by atoms with Gasteiger partial charge in [-0.3, -0.25) is 0 Å². The molecule has 0 saturated carbocycles. The topological polar surface area (TPSA) is 9.23 Å². The van der Waals surface area contributed by atoms with E-state index in [1.807, 2.05) is 24.8 Å². The third kappa shape index (κ3) is 2.92. The molecule has 1 heterocycles. The maximum Gasteiger partial charge on any atom is 0.0849 e. The van der Waals surface area contributed by atoms with Crippen LogP contribution in [0, 0.1) is 0 Å². The van der Waals surface area contributed by atoms with Crippen LogP contribution >= 0.6 is 11.8 Å². The summed E-state index contributed by atoms with van der Waals surface area (Å²) < 4.78 is 5.64. The monoisotopic (exact) mass is 168 g/mol. The standard InChI is InChI=1S/C8H13BOS/c1-2-3-7-5-11-6-8(4-9)10-7/h2-3,7-8H,4-6H2,1H3/b3-2+/t7-,8+/m0/s1. The molecule has 1 rings (SSSR count). The van der Waals surface area contributed by atoms with E-state index in [-0.39, 0.29) is 12.2 Å². The Morgan fingerprint density at radius 3 is 3.09 bits per heavy atom. The van der Waals surface area contributed by atoms with Crippen molar-refractivity contribution in [1.82, 2.24) is 0 Å². The van der Waals surface area contributed by atoms with Crippen LogP contribution in [0.4, 0.5) is 0 Å². The van der Waals surface area contributed by atoms with Crippen LogP contribution in [0.3, 0.4) is 0 Å². The van der Waals surface area contributed by atoms with Crippen molar-refractivity contribution >= 4 is 19.6 Å². The van der Waals surface area contributed by atoms with Crippen molar-refractivity contribution < 1.29 is 4.74 Å². The zero-order valence-corrected chi connectivity index (χ0v) is 7.64. The van der Waals surface area contributed by atoms with Gasteiger partial charge < -0.3 is 4.74 Å². The normalized spacial score (nSPS) is 32.8. The van der Waals surface area contributed by atoms with Gasteiger partial charge in [-0.25, -0.2) is 0 Å². The first-order valence-corrected chi connectivity index (χ1v) is 5.08. The fourth-order valence-electron chi connectivity index (χ4n) is 1.08. The van der Waals surface area contributed by atoms with E-state index in [0.29, 0.717) is 6.32 Å². The van der Waals surface area contributed by atoms with Gasteiger partial charge in [-0.15, -0.1) is 0 Å². The summed E-state index contributed by atoms with van der Waals surface area (Å²) in [5, 5.41) is 0. The molecular weight excluding hydrogens is 155 g/mol. The minimum Gasteiger partial charge on any atom is -0.370 e. The van der Waals surface area contributed by atoms with Gasteiger partial charge in [-0.1, -0.05) is 18.5 Å². The van der Waals surface area contributed by atoms with E-state index in [1.54, 1.807) is 0 Å². The van der Waals surface area contributed by atoms with Crippen molar-refractivity contribution in [1.29, 1.82) is 0 Å². The second-order valence-electron chi connectivity index (χ2n) is 2.60. The molecule has 1 fully saturated rings. The van der Waals surface area contributed by atoms with Gasteiger partial charge in [-0.05, 0) is 6.92 Å². The summed E-state index contributed by atoms with van der Waals surface area (Å²) in [6, 6.07) is 0. The van der Waals surface area contributed by atoms with Crippen LogP contribution in [0.15, 0.2) is 12.2 Å². The number of allylic oxidation sites excluding steroid dienone is 1. The predicted molar refractivity (Wildman–Crippen MR) is 51.4 cm³/mol. The zero-order valence-electron chi connectivity index (χ0n) is 6.82. The zero-order chi connectivity index (χ0) is 8.10. The fraction of sp³-hybridized carbons (Fsp3) is 0.750. The second-order valence-corrected chi connectivity index (χ2v) is 3.67. The van der Waals surface area contributed by atoms with E-state index < -0.39 is 0 Å². The maximum absolute atomic E-state index is 5.64. The molecule has 0 spiro atoms. The Morgan fingerprint density at radius 1 is 1.64 bits per heavy atom. The van der Waals surface area contributed by atoms with Crippen LogP contribution in [0.1, 0.15) is 6.92 Å². The Kier molecular flexibility index (Phi) is 4.09. The molecule has 2 radical (unpaired) electrons.